The molecule has 8 heteroatoms. The van der Waals surface area contributed by atoms with Crippen molar-refractivity contribution in [3.05, 3.63) is 40.2 Å². The Morgan fingerprint density at radius 3 is 2.86 bits per heavy atom. The van der Waals surface area contributed by atoms with Gasteiger partial charge in [-0.15, -0.1) is 11.3 Å². The molecule has 0 saturated carbocycles. The van der Waals surface area contributed by atoms with E-state index in [0.29, 0.717) is 10.6 Å². The minimum atomic E-state index is -0.508. The molecule has 2 aromatic rings. The van der Waals surface area contributed by atoms with Gasteiger partial charge >= 0.3 is 0 Å². The molecule has 0 fully saturated rings. The first-order valence-electron chi connectivity index (χ1n) is 6.54. The Bertz CT molecular complexity index is 697. The van der Waals surface area contributed by atoms with Crippen LogP contribution in [0.25, 0.3) is 0 Å². The maximum Gasteiger partial charge on any atom is 0.291 e. The summed E-state index contributed by atoms with van der Waals surface area (Å²) in [7, 11) is 2.02. The van der Waals surface area contributed by atoms with E-state index in [1.807, 2.05) is 7.05 Å². The molecule has 0 bridgehead atoms. The minimum absolute atomic E-state index is 0. The number of anilines is 1. The van der Waals surface area contributed by atoms with Crippen LogP contribution in [0.5, 0.6) is 0 Å². The van der Waals surface area contributed by atoms with Crippen LogP contribution in [0.4, 0.5) is 5.00 Å². The van der Waals surface area contributed by atoms with Gasteiger partial charge in [-0.25, -0.2) is 0 Å². The third-order valence-corrected chi connectivity index (χ3v) is 4.60. The predicted octanol–water partition coefficient (Wildman–Crippen LogP) is -1.32. The van der Waals surface area contributed by atoms with Crippen LogP contribution in [0.3, 0.4) is 0 Å². The third-order valence-electron chi connectivity index (χ3n) is 3.47. The van der Waals surface area contributed by atoms with Gasteiger partial charge in [0.15, 0.2) is 5.76 Å². The van der Waals surface area contributed by atoms with Crippen molar-refractivity contribution in [1.82, 2.24) is 4.90 Å². The third kappa shape index (κ3) is 3.01. The fourth-order valence-electron chi connectivity index (χ4n) is 2.45. The average molecular weight is 341 g/mol. The lowest BCUT2D eigenvalue weighted by molar-refractivity contribution is -0.0000202. The molecule has 0 aromatic carbocycles. The molecule has 0 radical (unpaired) electrons. The molecule has 0 saturated heterocycles. The minimum Gasteiger partial charge on any atom is -1.00 e. The molecule has 2 aromatic heterocycles. The van der Waals surface area contributed by atoms with Gasteiger partial charge in [-0.05, 0) is 31.2 Å². The normalized spacial score (nSPS) is 14.0. The molecule has 0 atom stereocenters. The summed E-state index contributed by atoms with van der Waals surface area (Å²) in [4.78, 5) is 27.1. The number of hydrogen-bond donors (Lipinski definition) is 2. The lowest BCUT2D eigenvalue weighted by Crippen LogP contribution is -3.00. The Morgan fingerprint density at radius 1 is 1.45 bits per heavy atom. The van der Waals surface area contributed by atoms with Crippen molar-refractivity contribution < 1.29 is 26.4 Å². The summed E-state index contributed by atoms with van der Waals surface area (Å²) >= 11 is 1.40. The first-order chi connectivity index (χ1) is 10.1. The van der Waals surface area contributed by atoms with E-state index in [0.717, 1.165) is 30.0 Å². The van der Waals surface area contributed by atoms with Crippen molar-refractivity contribution in [3.63, 3.8) is 0 Å². The van der Waals surface area contributed by atoms with Gasteiger partial charge in [0.2, 0.25) is 0 Å². The zero-order valence-corrected chi connectivity index (χ0v) is 13.5. The summed E-state index contributed by atoms with van der Waals surface area (Å²) in [5.74, 6) is -0.685. The SMILES string of the molecule is CN1CCc2c(sc(NC(=O)c3ccco3)c2C(N)=O)C1.[Cl-]. The fourth-order valence-corrected chi connectivity index (χ4v) is 3.78. The zero-order chi connectivity index (χ0) is 15.0. The van der Waals surface area contributed by atoms with Crippen molar-refractivity contribution in [2.75, 3.05) is 18.9 Å². The molecule has 0 unspecified atom stereocenters. The number of carbonyl (C=O) groups is 2. The second kappa shape index (κ2) is 6.51. The highest BCUT2D eigenvalue weighted by Crippen LogP contribution is 2.36. The Balaban J connectivity index is 0.00000176. The average Bonchev–Trinajstić information content (AvgIpc) is 3.04. The van der Waals surface area contributed by atoms with Crippen molar-refractivity contribution in [1.29, 1.82) is 0 Å². The first-order valence-corrected chi connectivity index (χ1v) is 7.35. The van der Waals surface area contributed by atoms with Crippen LogP contribution in [-0.4, -0.2) is 30.3 Å². The van der Waals surface area contributed by atoms with Gasteiger partial charge in [0.1, 0.15) is 5.00 Å². The zero-order valence-electron chi connectivity index (χ0n) is 11.9. The smallest absolute Gasteiger partial charge is 0.291 e. The van der Waals surface area contributed by atoms with Gasteiger partial charge in [-0.1, -0.05) is 0 Å². The second-order valence-electron chi connectivity index (χ2n) is 4.99. The maximum atomic E-state index is 12.1. The summed E-state index contributed by atoms with van der Waals surface area (Å²) in [5.41, 5.74) is 6.88. The maximum absolute atomic E-state index is 12.1. The van der Waals surface area contributed by atoms with E-state index < -0.39 is 5.91 Å². The van der Waals surface area contributed by atoms with Crippen molar-refractivity contribution in [2.24, 2.45) is 5.73 Å². The number of fused-ring (bicyclic) bond motifs is 1. The van der Waals surface area contributed by atoms with E-state index in [4.69, 9.17) is 10.2 Å². The van der Waals surface area contributed by atoms with E-state index in [9.17, 15) is 9.59 Å². The number of thiophene rings is 1. The van der Waals surface area contributed by atoms with Crippen LogP contribution in [0.1, 0.15) is 31.4 Å². The summed E-state index contributed by atoms with van der Waals surface area (Å²) in [6.07, 6.45) is 2.19. The molecule has 2 amide bonds. The van der Waals surface area contributed by atoms with E-state index in [1.54, 1.807) is 12.1 Å². The van der Waals surface area contributed by atoms with Gasteiger partial charge in [0, 0.05) is 18.0 Å². The van der Waals surface area contributed by atoms with Gasteiger partial charge in [0.05, 0.1) is 11.8 Å². The second-order valence-corrected chi connectivity index (χ2v) is 6.10. The molecule has 1 aliphatic rings. The molecule has 1 aliphatic heterocycles. The Labute approximate surface area is 137 Å². The Morgan fingerprint density at radius 2 is 2.23 bits per heavy atom. The van der Waals surface area contributed by atoms with Crippen LogP contribution in [0.2, 0.25) is 0 Å². The fraction of sp³-hybridized carbons (Fsp3) is 0.286. The quantitative estimate of drug-likeness (QED) is 0.725. The van der Waals surface area contributed by atoms with Gasteiger partial charge < -0.3 is 32.8 Å². The molecule has 0 spiro atoms. The number of likely N-dealkylation sites (N-methyl/N-ethyl adjacent to an activating group) is 1. The van der Waals surface area contributed by atoms with E-state index in [2.05, 4.69) is 10.2 Å². The number of amides is 2. The van der Waals surface area contributed by atoms with Crippen LogP contribution in [-0.2, 0) is 13.0 Å². The van der Waals surface area contributed by atoms with Gasteiger partial charge in [0.25, 0.3) is 11.8 Å². The number of nitrogens with one attached hydrogen (secondary N) is 1. The standard InChI is InChI=1S/C14H15N3O3S.ClH/c1-17-5-4-8-10(7-17)21-14(11(8)12(15)18)16-13(19)9-3-2-6-20-9;/h2-3,6H,4-5,7H2,1H3,(H2,15,18)(H,16,19);1H/p-1. The lowest BCUT2D eigenvalue weighted by atomic mass is 10.0. The Hall–Kier alpha value is -1.83. The van der Waals surface area contributed by atoms with Crippen LogP contribution in [0, 0.1) is 0 Å². The monoisotopic (exact) mass is 340 g/mol. The summed E-state index contributed by atoms with van der Waals surface area (Å²) in [5, 5.41) is 3.24. The van der Waals surface area contributed by atoms with Crippen LogP contribution >= 0.6 is 11.3 Å². The number of nitrogens with two attached hydrogens (primary N) is 1. The topological polar surface area (TPSA) is 88.6 Å². The lowest BCUT2D eigenvalue weighted by Gasteiger charge is -2.22. The molecule has 3 N–H and O–H groups in total. The van der Waals surface area contributed by atoms with Crippen LogP contribution in [0.15, 0.2) is 22.8 Å². The largest absolute Gasteiger partial charge is 1.00 e. The molecule has 6 nitrogen and oxygen atoms in total. The molecular weight excluding hydrogens is 326 g/mol. The van der Waals surface area contributed by atoms with Crippen LogP contribution < -0.4 is 23.5 Å². The number of halogens is 1. The number of carbonyl (C=O) groups excluding carboxylic acids is 2. The van der Waals surface area contributed by atoms with E-state index in [1.165, 1.54) is 17.6 Å². The van der Waals surface area contributed by atoms with Crippen molar-refractivity contribution in [3.8, 4) is 0 Å². The molecule has 22 heavy (non-hydrogen) atoms. The van der Waals surface area contributed by atoms with Crippen molar-refractivity contribution in [2.45, 2.75) is 13.0 Å². The number of hydrogen-bond acceptors (Lipinski definition) is 5. The number of nitrogens with zero attached hydrogens (tertiary/aromatic N) is 1. The molecule has 3 rings (SSSR count). The summed E-state index contributed by atoms with van der Waals surface area (Å²) in [6.45, 7) is 1.63. The summed E-state index contributed by atoms with van der Waals surface area (Å²) < 4.78 is 5.06. The van der Waals surface area contributed by atoms with Gasteiger partial charge in [-0.3, -0.25) is 9.59 Å². The number of rotatable bonds is 3. The molecule has 0 aliphatic carbocycles. The molecule has 118 valence electrons. The first kappa shape index (κ1) is 16.5. The Kier molecular flexibility index (Phi) is 4.90. The number of furan rings is 1. The van der Waals surface area contributed by atoms with E-state index in [-0.39, 0.29) is 24.1 Å². The predicted molar refractivity (Wildman–Crippen MR) is 79.5 cm³/mol. The summed E-state index contributed by atoms with van der Waals surface area (Å²) in [6, 6.07) is 3.21. The molecular formula is C14H15ClN3O3S-. The molecule has 3 heterocycles. The van der Waals surface area contributed by atoms with E-state index >= 15 is 0 Å². The highest BCUT2D eigenvalue weighted by molar-refractivity contribution is 7.17. The number of primary amides is 1. The highest BCUT2D eigenvalue weighted by Gasteiger charge is 2.27. The van der Waals surface area contributed by atoms with Crippen molar-refractivity contribution >= 4 is 28.2 Å². The highest BCUT2D eigenvalue weighted by atomic mass is 35.5. The van der Waals surface area contributed by atoms with Gasteiger partial charge in [-0.2, -0.15) is 0 Å².